The van der Waals surface area contributed by atoms with Crippen LogP contribution in [0.4, 0.5) is 0 Å². The number of benzene rings is 2. The first kappa shape index (κ1) is 15.4. The highest BCUT2D eigenvalue weighted by Gasteiger charge is 2.29. The molecule has 0 amide bonds. The third kappa shape index (κ3) is 2.88. The van der Waals surface area contributed by atoms with Crippen molar-refractivity contribution in [2.24, 2.45) is 5.73 Å². The van der Waals surface area contributed by atoms with Gasteiger partial charge in [-0.25, -0.2) is 0 Å². The molecule has 0 saturated heterocycles. The van der Waals surface area contributed by atoms with Crippen molar-refractivity contribution >= 4 is 0 Å². The summed E-state index contributed by atoms with van der Waals surface area (Å²) in [6.07, 6.45) is 0. The van der Waals surface area contributed by atoms with Crippen LogP contribution in [0.5, 0.6) is 11.5 Å². The lowest BCUT2D eigenvalue weighted by atomic mass is 9.82. The number of aryl methyl sites for hydroxylation is 2. The Morgan fingerprint density at radius 3 is 2.24 bits per heavy atom. The van der Waals surface area contributed by atoms with E-state index < -0.39 is 5.54 Å². The lowest BCUT2D eigenvalue weighted by Gasteiger charge is -2.30. The quantitative estimate of drug-likeness (QED) is 0.934. The van der Waals surface area contributed by atoms with E-state index in [2.05, 4.69) is 32.0 Å². The van der Waals surface area contributed by atoms with Crippen molar-refractivity contribution in [2.45, 2.75) is 26.3 Å². The monoisotopic (exact) mass is 285 g/mol. The van der Waals surface area contributed by atoms with Gasteiger partial charge in [0.2, 0.25) is 0 Å². The smallest absolute Gasteiger partial charge is 0.124 e. The molecule has 0 fully saturated rings. The molecule has 0 spiro atoms. The van der Waals surface area contributed by atoms with E-state index in [0.717, 1.165) is 28.2 Å². The Hall–Kier alpha value is -2.00. The van der Waals surface area contributed by atoms with Gasteiger partial charge in [0.1, 0.15) is 11.5 Å². The Labute approximate surface area is 126 Å². The SMILES string of the molecule is COc1ccc(OC)c(C(C)(N)c2cc(C)ccc2C)c1. The summed E-state index contributed by atoms with van der Waals surface area (Å²) in [7, 11) is 3.31. The fourth-order valence-electron chi connectivity index (χ4n) is 2.66. The van der Waals surface area contributed by atoms with Crippen LogP contribution in [0.15, 0.2) is 36.4 Å². The van der Waals surface area contributed by atoms with E-state index in [1.54, 1.807) is 14.2 Å². The maximum atomic E-state index is 6.69. The average Bonchev–Trinajstić information content (AvgIpc) is 2.48. The highest BCUT2D eigenvalue weighted by atomic mass is 16.5. The van der Waals surface area contributed by atoms with Crippen LogP contribution in [-0.4, -0.2) is 14.2 Å². The van der Waals surface area contributed by atoms with Gasteiger partial charge in [-0.05, 0) is 50.1 Å². The lowest BCUT2D eigenvalue weighted by molar-refractivity contribution is 0.389. The number of hydrogen-bond acceptors (Lipinski definition) is 3. The van der Waals surface area contributed by atoms with Gasteiger partial charge in [-0.2, -0.15) is 0 Å². The fraction of sp³-hybridized carbons (Fsp3) is 0.333. The molecule has 0 aromatic heterocycles. The minimum atomic E-state index is -0.657. The Balaban J connectivity index is 2.64. The van der Waals surface area contributed by atoms with Crippen LogP contribution in [0.2, 0.25) is 0 Å². The molecule has 2 N–H and O–H groups in total. The van der Waals surface area contributed by atoms with Gasteiger partial charge in [0.15, 0.2) is 0 Å². The Kier molecular flexibility index (Phi) is 4.24. The highest BCUT2D eigenvalue weighted by molar-refractivity contribution is 5.51. The predicted octanol–water partition coefficient (Wildman–Crippen LogP) is 3.54. The molecule has 2 rings (SSSR count). The Morgan fingerprint density at radius 1 is 0.905 bits per heavy atom. The summed E-state index contributed by atoms with van der Waals surface area (Å²) in [6.45, 7) is 6.15. The van der Waals surface area contributed by atoms with E-state index in [1.807, 2.05) is 25.1 Å². The molecule has 112 valence electrons. The first-order chi connectivity index (χ1) is 9.90. The molecule has 0 heterocycles. The molecule has 21 heavy (non-hydrogen) atoms. The maximum absolute atomic E-state index is 6.69. The second-order valence-electron chi connectivity index (χ2n) is 5.59. The van der Waals surface area contributed by atoms with E-state index in [4.69, 9.17) is 15.2 Å². The van der Waals surface area contributed by atoms with Crippen LogP contribution in [0, 0.1) is 13.8 Å². The minimum absolute atomic E-state index is 0.657. The van der Waals surface area contributed by atoms with Crippen molar-refractivity contribution in [3.8, 4) is 11.5 Å². The van der Waals surface area contributed by atoms with Crippen molar-refractivity contribution in [3.63, 3.8) is 0 Å². The molecule has 0 aliphatic rings. The van der Waals surface area contributed by atoms with Crippen LogP contribution in [0.25, 0.3) is 0 Å². The molecular weight excluding hydrogens is 262 g/mol. The number of hydrogen-bond donors (Lipinski definition) is 1. The molecule has 2 aromatic carbocycles. The molecule has 2 aromatic rings. The topological polar surface area (TPSA) is 44.5 Å². The molecule has 0 aliphatic carbocycles. The Morgan fingerprint density at radius 2 is 1.62 bits per heavy atom. The minimum Gasteiger partial charge on any atom is -0.497 e. The van der Waals surface area contributed by atoms with Crippen LogP contribution in [0.1, 0.15) is 29.2 Å². The number of methoxy groups -OCH3 is 2. The summed E-state index contributed by atoms with van der Waals surface area (Å²) in [6, 6.07) is 12.0. The number of ether oxygens (including phenoxy) is 2. The van der Waals surface area contributed by atoms with Crippen molar-refractivity contribution in [2.75, 3.05) is 14.2 Å². The van der Waals surface area contributed by atoms with Gasteiger partial charge in [-0.3, -0.25) is 0 Å². The van der Waals surface area contributed by atoms with Crippen molar-refractivity contribution in [1.82, 2.24) is 0 Å². The zero-order valence-corrected chi connectivity index (χ0v) is 13.4. The molecule has 3 heteroatoms. The third-order valence-electron chi connectivity index (χ3n) is 3.92. The molecular formula is C18H23NO2. The zero-order chi connectivity index (χ0) is 15.6. The molecule has 0 saturated carbocycles. The average molecular weight is 285 g/mol. The normalized spacial score (nSPS) is 13.6. The van der Waals surface area contributed by atoms with E-state index >= 15 is 0 Å². The lowest BCUT2D eigenvalue weighted by Crippen LogP contribution is -2.35. The summed E-state index contributed by atoms with van der Waals surface area (Å²) in [5, 5.41) is 0. The summed E-state index contributed by atoms with van der Waals surface area (Å²) < 4.78 is 10.8. The first-order valence-corrected chi connectivity index (χ1v) is 6.99. The van der Waals surface area contributed by atoms with Gasteiger partial charge < -0.3 is 15.2 Å². The molecule has 0 radical (unpaired) electrons. The van der Waals surface area contributed by atoms with E-state index in [9.17, 15) is 0 Å². The zero-order valence-electron chi connectivity index (χ0n) is 13.4. The van der Waals surface area contributed by atoms with Crippen LogP contribution >= 0.6 is 0 Å². The van der Waals surface area contributed by atoms with Gasteiger partial charge in [0, 0.05) is 5.56 Å². The Bertz CT molecular complexity index is 648. The molecule has 3 nitrogen and oxygen atoms in total. The highest BCUT2D eigenvalue weighted by Crippen LogP contribution is 2.37. The van der Waals surface area contributed by atoms with Gasteiger partial charge in [0.05, 0.1) is 19.8 Å². The van der Waals surface area contributed by atoms with Crippen LogP contribution < -0.4 is 15.2 Å². The summed E-state index contributed by atoms with van der Waals surface area (Å²) in [5.74, 6) is 1.54. The summed E-state index contributed by atoms with van der Waals surface area (Å²) >= 11 is 0. The van der Waals surface area contributed by atoms with Gasteiger partial charge >= 0.3 is 0 Å². The maximum Gasteiger partial charge on any atom is 0.124 e. The summed E-state index contributed by atoms with van der Waals surface area (Å²) in [4.78, 5) is 0. The molecule has 1 atom stereocenters. The molecule has 0 aliphatic heterocycles. The second kappa shape index (κ2) is 5.78. The van der Waals surface area contributed by atoms with Crippen LogP contribution in [-0.2, 0) is 5.54 Å². The second-order valence-corrected chi connectivity index (χ2v) is 5.59. The van der Waals surface area contributed by atoms with Gasteiger partial charge in [0.25, 0.3) is 0 Å². The first-order valence-electron chi connectivity index (χ1n) is 6.99. The standard InChI is InChI=1S/C18H23NO2/c1-12-6-7-13(2)15(10-12)18(3,19)16-11-14(20-4)8-9-17(16)21-5/h6-11H,19H2,1-5H3. The van der Waals surface area contributed by atoms with Crippen molar-refractivity contribution < 1.29 is 9.47 Å². The van der Waals surface area contributed by atoms with Crippen molar-refractivity contribution in [1.29, 1.82) is 0 Å². The molecule has 0 bridgehead atoms. The van der Waals surface area contributed by atoms with E-state index in [-0.39, 0.29) is 0 Å². The van der Waals surface area contributed by atoms with Gasteiger partial charge in [-0.1, -0.05) is 23.8 Å². The summed E-state index contributed by atoms with van der Waals surface area (Å²) in [5.41, 5.74) is 10.4. The fourth-order valence-corrected chi connectivity index (χ4v) is 2.66. The van der Waals surface area contributed by atoms with Crippen LogP contribution in [0.3, 0.4) is 0 Å². The van der Waals surface area contributed by atoms with E-state index in [1.165, 1.54) is 5.56 Å². The molecule has 1 unspecified atom stereocenters. The van der Waals surface area contributed by atoms with Crippen molar-refractivity contribution in [3.05, 3.63) is 58.7 Å². The number of nitrogens with two attached hydrogens (primary N) is 1. The largest absolute Gasteiger partial charge is 0.497 e. The van der Waals surface area contributed by atoms with Gasteiger partial charge in [-0.15, -0.1) is 0 Å². The number of rotatable bonds is 4. The van der Waals surface area contributed by atoms with E-state index in [0.29, 0.717) is 0 Å². The predicted molar refractivity (Wildman–Crippen MR) is 86.1 cm³/mol. The third-order valence-corrected chi connectivity index (χ3v) is 3.92.